The quantitative estimate of drug-likeness (QED) is 0.505. The van der Waals surface area contributed by atoms with E-state index < -0.39 is 11.7 Å². The molecule has 0 atom stereocenters. The van der Waals surface area contributed by atoms with Crippen LogP contribution in [0.15, 0.2) is 43.2 Å². The summed E-state index contributed by atoms with van der Waals surface area (Å²) in [6.45, 7) is 1.35. The summed E-state index contributed by atoms with van der Waals surface area (Å²) in [5.41, 5.74) is 5.45. The van der Waals surface area contributed by atoms with Crippen molar-refractivity contribution in [3.63, 3.8) is 0 Å². The van der Waals surface area contributed by atoms with Crippen LogP contribution >= 0.6 is 11.6 Å². The summed E-state index contributed by atoms with van der Waals surface area (Å²) >= 11 is 6.00. The molecule has 0 unspecified atom stereocenters. The molecule has 0 saturated carbocycles. The van der Waals surface area contributed by atoms with Gasteiger partial charge in [0.2, 0.25) is 0 Å². The van der Waals surface area contributed by atoms with Crippen LogP contribution in [0.3, 0.4) is 0 Å². The first-order valence-corrected chi connectivity index (χ1v) is 8.66. The SMILES string of the molecule is Nc1c(NCCCn2ccnc2)ncnc1Nc1cc(C(F)(F)F)ccc1Cl. The molecule has 0 bridgehead atoms. The van der Waals surface area contributed by atoms with Crippen molar-refractivity contribution in [3.05, 3.63) is 53.8 Å². The molecule has 7 nitrogen and oxygen atoms in total. The largest absolute Gasteiger partial charge is 0.416 e. The fourth-order valence-electron chi connectivity index (χ4n) is 2.45. The molecule has 3 aromatic rings. The Bertz CT molecular complexity index is 929. The second-order valence-electron chi connectivity index (χ2n) is 5.88. The first-order chi connectivity index (χ1) is 13.3. The normalized spacial score (nSPS) is 11.4. The first kappa shape index (κ1) is 19.7. The highest BCUT2D eigenvalue weighted by Crippen LogP contribution is 2.36. The minimum atomic E-state index is -4.49. The Morgan fingerprint density at radius 1 is 1.18 bits per heavy atom. The molecule has 11 heteroatoms. The molecule has 148 valence electrons. The van der Waals surface area contributed by atoms with Crippen molar-refractivity contribution in [1.82, 2.24) is 19.5 Å². The van der Waals surface area contributed by atoms with E-state index in [4.69, 9.17) is 17.3 Å². The lowest BCUT2D eigenvalue weighted by molar-refractivity contribution is -0.137. The minimum Gasteiger partial charge on any atom is -0.393 e. The van der Waals surface area contributed by atoms with Crippen molar-refractivity contribution in [2.24, 2.45) is 0 Å². The summed E-state index contributed by atoms with van der Waals surface area (Å²) in [5, 5.41) is 5.95. The Hall–Kier alpha value is -3.01. The predicted octanol–water partition coefficient (Wildman–Crippen LogP) is 4.17. The Kier molecular flexibility index (Phi) is 5.88. The second-order valence-corrected chi connectivity index (χ2v) is 6.29. The Labute approximate surface area is 163 Å². The maximum atomic E-state index is 12.9. The van der Waals surface area contributed by atoms with E-state index in [1.807, 2.05) is 10.8 Å². The van der Waals surface area contributed by atoms with Gasteiger partial charge in [0, 0.05) is 25.5 Å². The number of rotatable bonds is 7. The highest BCUT2D eigenvalue weighted by molar-refractivity contribution is 6.33. The van der Waals surface area contributed by atoms with Gasteiger partial charge in [0.25, 0.3) is 0 Å². The van der Waals surface area contributed by atoms with Crippen molar-refractivity contribution in [2.75, 3.05) is 22.9 Å². The van der Waals surface area contributed by atoms with Gasteiger partial charge in [-0.3, -0.25) is 0 Å². The van der Waals surface area contributed by atoms with Crippen LogP contribution in [0.25, 0.3) is 0 Å². The fourth-order valence-corrected chi connectivity index (χ4v) is 2.61. The average Bonchev–Trinajstić information content (AvgIpc) is 3.16. The number of anilines is 4. The number of aryl methyl sites for hydroxylation is 1. The number of benzene rings is 1. The summed E-state index contributed by atoms with van der Waals surface area (Å²) < 4.78 is 40.7. The summed E-state index contributed by atoms with van der Waals surface area (Å²) in [6, 6.07) is 2.98. The second kappa shape index (κ2) is 8.34. The van der Waals surface area contributed by atoms with Crippen LogP contribution in [0.5, 0.6) is 0 Å². The zero-order valence-corrected chi connectivity index (χ0v) is 15.3. The van der Waals surface area contributed by atoms with E-state index in [0.717, 1.165) is 25.1 Å². The van der Waals surface area contributed by atoms with Crippen LogP contribution in [0.1, 0.15) is 12.0 Å². The van der Waals surface area contributed by atoms with Gasteiger partial charge in [0.05, 0.1) is 22.6 Å². The van der Waals surface area contributed by atoms with Crippen LogP contribution in [-0.2, 0) is 12.7 Å². The maximum absolute atomic E-state index is 12.9. The molecule has 0 aliphatic rings. The molecular weight excluding hydrogens is 395 g/mol. The fraction of sp³-hybridized carbons (Fsp3) is 0.235. The number of nitrogens with two attached hydrogens (primary N) is 1. The average molecular weight is 412 g/mol. The van der Waals surface area contributed by atoms with E-state index in [1.54, 1.807) is 12.5 Å². The molecule has 0 aliphatic carbocycles. The summed E-state index contributed by atoms with van der Waals surface area (Å²) in [5.74, 6) is 0.541. The van der Waals surface area contributed by atoms with Gasteiger partial charge in [-0.25, -0.2) is 15.0 Å². The lowest BCUT2D eigenvalue weighted by Gasteiger charge is -2.15. The molecule has 2 aromatic heterocycles. The van der Waals surface area contributed by atoms with Crippen molar-refractivity contribution in [3.8, 4) is 0 Å². The van der Waals surface area contributed by atoms with Gasteiger partial charge in [-0.05, 0) is 24.6 Å². The number of nitrogens with one attached hydrogen (secondary N) is 2. The zero-order valence-electron chi connectivity index (χ0n) is 14.5. The molecule has 3 rings (SSSR count). The standard InChI is InChI=1S/C17H17ClF3N7/c18-12-3-2-11(17(19,20)21)8-13(12)27-16-14(22)15(25-9-26-16)24-4-1-6-28-7-5-23-10-28/h2-3,5,7-10H,1,4,6,22H2,(H2,24,25,26,27). The van der Waals surface area contributed by atoms with Gasteiger partial charge in [0.15, 0.2) is 11.6 Å². The third kappa shape index (κ3) is 4.83. The van der Waals surface area contributed by atoms with Crippen LogP contribution < -0.4 is 16.4 Å². The molecule has 0 radical (unpaired) electrons. The van der Waals surface area contributed by atoms with Crippen molar-refractivity contribution in [1.29, 1.82) is 0 Å². The number of hydrogen-bond donors (Lipinski definition) is 3. The monoisotopic (exact) mass is 411 g/mol. The third-order valence-electron chi connectivity index (χ3n) is 3.88. The molecule has 0 amide bonds. The number of halogens is 4. The molecule has 1 aromatic carbocycles. The van der Waals surface area contributed by atoms with Crippen LogP contribution in [0.2, 0.25) is 5.02 Å². The smallest absolute Gasteiger partial charge is 0.393 e. The number of aromatic nitrogens is 4. The molecule has 28 heavy (non-hydrogen) atoms. The Morgan fingerprint density at radius 3 is 2.68 bits per heavy atom. The molecule has 0 aliphatic heterocycles. The molecule has 0 saturated heterocycles. The first-order valence-electron chi connectivity index (χ1n) is 8.28. The zero-order chi connectivity index (χ0) is 20.1. The number of nitrogens with zero attached hydrogens (tertiary/aromatic N) is 4. The predicted molar refractivity (Wildman–Crippen MR) is 102 cm³/mol. The lowest BCUT2D eigenvalue weighted by Crippen LogP contribution is -2.11. The van der Waals surface area contributed by atoms with E-state index in [2.05, 4.69) is 25.6 Å². The highest BCUT2D eigenvalue weighted by Gasteiger charge is 2.31. The van der Waals surface area contributed by atoms with Gasteiger partial charge in [0.1, 0.15) is 12.0 Å². The Balaban J connectivity index is 1.69. The number of alkyl halides is 3. The van der Waals surface area contributed by atoms with Crippen LogP contribution in [-0.4, -0.2) is 26.1 Å². The van der Waals surface area contributed by atoms with Crippen molar-refractivity contribution in [2.45, 2.75) is 19.1 Å². The molecule has 2 heterocycles. The van der Waals surface area contributed by atoms with Crippen molar-refractivity contribution < 1.29 is 13.2 Å². The Morgan fingerprint density at radius 2 is 1.96 bits per heavy atom. The van der Waals surface area contributed by atoms with Crippen molar-refractivity contribution >= 4 is 34.6 Å². The molecule has 0 fully saturated rings. The van der Waals surface area contributed by atoms with Gasteiger partial charge < -0.3 is 20.9 Å². The van der Waals surface area contributed by atoms with E-state index in [1.165, 1.54) is 12.4 Å². The maximum Gasteiger partial charge on any atom is 0.416 e. The number of nitrogen functional groups attached to an aromatic ring is 1. The van der Waals surface area contributed by atoms with Crippen LogP contribution in [0, 0.1) is 0 Å². The molecule has 0 spiro atoms. The van der Waals surface area contributed by atoms with E-state index in [-0.39, 0.29) is 22.2 Å². The minimum absolute atomic E-state index is 0.0490. The third-order valence-corrected chi connectivity index (χ3v) is 4.20. The summed E-state index contributed by atoms with van der Waals surface area (Å²) in [4.78, 5) is 12.0. The van der Waals surface area contributed by atoms with Crippen LogP contribution in [0.4, 0.5) is 36.2 Å². The number of hydrogen-bond acceptors (Lipinski definition) is 6. The van der Waals surface area contributed by atoms with E-state index >= 15 is 0 Å². The summed E-state index contributed by atoms with van der Waals surface area (Å²) in [7, 11) is 0. The summed E-state index contributed by atoms with van der Waals surface area (Å²) in [6.07, 6.45) is 2.85. The van der Waals surface area contributed by atoms with Gasteiger partial charge in [-0.2, -0.15) is 13.2 Å². The highest BCUT2D eigenvalue weighted by atomic mass is 35.5. The van der Waals surface area contributed by atoms with Gasteiger partial charge in [-0.1, -0.05) is 11.6 Å². The van der Waals surface area contributed by atoms with E-state index in [0.29, 0.717) is 12.4 Å². The lowest BCUT2D eigenvalue weighted by atomic mass is 10.2. The number of imidazole rings is 1. The van der Waals surface area contributed by atoms with E-state index in [9.17, 15) is 13.2 Å². The molecular formula is C17H17ClF3N7. The molecule has 4 N–H and O–H groups in total. The van der Waals surface area contributed by atoms with Gasteiger partial charge >= 0.3 is 6.18 Å². The topological polar surface area (TPSA) is 93.7 Å². The van der Waals surface area contributed by atoms with Gasteiger partial charge in [-0.15, -0.1) is 0 Å².